The van der Waals surface area contributed by atoms with Gasteiger partial charge in [0.2, 0.25) is 0 Å². The fourth-order valence-corrected chi connectivity index (χ4v) is 3.77. The minimum atomic E-state index is -0.201. The van der Waals surface area contributed by atoms with Crippen LogP contribution in [0.2, 0.25) is 0 Å². The fraction of sp³-hybridized carbons (Fsp3) is 0.316. The third-order valence-corrected chi connectivity index (χ3v) is 5.41. The lowest BCUT2D eigenvalue weighted by Gasteiger charge is -2.34. The maximum Gasteiger partial charge on any atom is 0.137 e. The molecule has 25 heavy (non-hydrogen) atoms. The first-order valence-electron chi connectivity index (χ1n) is 8.49. The summed E-state index contributed by atoms with van der Waals surface area (Å²) >= 11 is 3.46. The largest absolute Gasteiger partial charge is 0.307 e. The van der Waals surface area contributed by atoms with E-state index >= 15 is 0 Å². The molecule has 4 nitrogen and oxygen atoms in total. The van der Waals surface area contributed by atoms with E-state index in [1.54, 1.807) is 0 Å². The van der Waals surface area contributed by atoms with E-state index in [2.05, 4.69) is 41.3 Å². The zero-order valence-electron chi connectivity index (χ0n) is 13.9. The summed E-state index contributed by atoms with van der Waals surface area (Å²) in [4.78, 5) is 9.54. The van der Waals surface area contributed by atoms with Crippen LogP contribution in [0.15, 0.2) is 53.3 Å². The number of piperazine rings is 1. The van der Waals surface area contributed by atoms with Crippen molar-refractivity contribution in [2.24, 2.45) is 0 Å². The van der Waals surface area contributed by atoms with Gasteiger partial charge in [0, 0.05) is 56.1 Å². The molecule has 0 spiro atoms. The van der Waals surface area contributed by atoms with Crippen molar-refractivity contribution in [2.75, 3.05) is 26.2 Å². The Morgan fingerprint density at radius 3 is 2.48 bits per heavy atom. The molecule has 130 valence electrons. The van der Waals surface area contributed by atoms with Crippen LogP contribution in [0.3, 0.4) is 0 Å². The number of imidazole rings is 1. The molecule has 1 aromatic carbocycles. The summed E-state index contributed by atoms with van der Waals surface area (Å²) in [5.41, 5.74) is 3.24. The summed E-state index contributed by atoms with van der Waals surface area (Å²) in [6.07, 6.45) is 4.14. The second-order valence-corrected chi connectivity index (χ2v) is 7.34. The van der Waals surface area contributed by atoms with E-state index in [0.717, 1.165) is 60.6 Å². The lowest BCUT2D eigenvalue weighted by Crippen LogP contribution is -2.45. The maximum atomic E-state index is 13.2. The molecule has 0 unspecified atom stereocenters. The lowest BCUT2D eigenvalue weighted by molar-refractivity contribution is 0.121. The second kappa shape index (κ2) is 7.23. The number of rotatable bonds is 4. The van der Waals surface area contributed by atoms with Crippen molar-refractivity contribution >= 4 is 21.6 Å². The number of fused-ring (bicyclic) bond motifs is 1. The summed E-state index contributed by atoms with van der Waals surface area (Å²) in [5.74, 6) is -0.201. The normalized spacial score (nSPS) is 16.6. The molecule has 0 atom stereocenters. The van der Waals surface area contributed by atoms with Gasteiger partial charge >= 0.3 is 0 Å². The SMILES string of the molecule is Fc1ccc(CN2CCN(Cc3cn4ccccc4n3)CC2)c(Br)c1. The van der Waals surface area contributed by atoms with Crippen molar-refractivity contribution in [2.45, 2.75) is 13.1 Å². The van der Waals surface area contributed by atoms with Crippen LogP contribution in [0.1, 0.15) is 11.3 Å². The molecule has 0 saturated carbocycles. The van der Waals surface area contributed by atoms with E-state index in [9.17, 15) is 4.39 Å². The van der Waals surface area contributed by atoms with E-state index in [4.69, 9.17) is 0 Å². The molecule has 0 aliphatic carbocycles. The summed E-state index contributed by atoms with van der Waals surface area (Å²) in [6.45, 7) is 5.80. The molecule has 2 aromatic heterocycles. The number of pyridine rings is 1. The van der Waals surface area contributed by atoms with E-state index in [-0.39, 0.29) is 5.82 Å². The molecule has 4 rings (SSSR count). The van der Waals surface area contributed by atoms with E-state index in [0.29, 0.717) is 0 Å². The number of aromatic nitrogens is 2. The molecule has 1 saturated heterocycles. The van der Waals surface area contributed by atoms with Crippen LogP contribution in [0, 0.1) is 5.82 Å². The van der Waals surface area contributed by atoms with Crippen LogP contribution in [-0.2, 0) is 13.1 Å². The van der Waals surface area contributed by atoms with Gasteiger partial charge in [-0.15, -0.1) is 0 Å². The zero-order chi connectivity index (χ0) is 17.2. The Bertz CT molecular complexity index is 838. The minimum Gasteiger partial charge on any atom is -0.307 e. The van der Waals surface area contributed by atoms with Crippen LogP contribution < -0.4 is 0 Å². The minimum absolute atomic E-state index is 0.201. The second-order valence-electron chi connectivity index (χ2n) is 6.49. The third-order valence-electron chi connectivity index (χ3n) is 4.67. The highest BCUT2D eigenvalue weighted by Gasteiger charge is 2.18. The number of hydrogen-bond acceptors (Lipinski definition) is 3. The molecular formula is C19H20BrFN4. The molecule has 1 aliphatic heterocycles. The summed E-state index contributed by atoms with van der Waals surface area (Å²) in [5, 5.41) is 0. The number of hydrogen-bond donors (Lipinski definition) is 0. The molecule has 0 radical (unpaired) electrons. The topological polar surface area (TPSA) is 23.8 Å². The standard InChI is InChI=1S/C19H20BrFN4/c20-18-11-16(21)5-4-15(18)12-23-7-9-24(10-8-23)13-17-14-25-6-2-1-3-19(25)22-17/h1-6,11,14H,7-10,12-13H2. The molecule has 1 fully saturated rings. The molecule has 3 heterocycles. The van der Waals surface area contributed by atoms with Crippen molar-refractivity contribution in [3.05, 3.63) is 70.3 Å². The van der Waals surface area contributed by atoms with Crippen molar-refractivity contribution in [3.8, 4) is 0 Å². The van der Waals surface area contributed by atoms with Crippen LogP contribution in [0.25, 0.3) is 5.65 Å². The highest BCUT2D eigenvalue weighted by atomic mass is 79.9. The average molecular weight is 403 g/mol. The van der Waals surface area contributed by atoms with Gasteiger partial charge in [0.1, 0.15) is 11.5 Å². The van der Waals surface area contributed by atoms with Crippen LogP contribution in [-0.4, -0.2) is 45.4 Å². The van der Waals surface area contributed by atoms with Gasteiger partial charge in [-0.05, 0) is 29.8 Å². The smallest absolute Gasteiger partial charge is 0.137 e. The molecule has 6 heteroatoms. The summed E-state index contributed by atoms with van der Waals surface area (Å²) < 4.78 is 16.1. The number of benzene rings is 1. The van der Waals surface area contributed by atoms with Crippen molar-refractivity contribution in [1.29, 1.82) is 0 Å². The maximum absolute atomic E-state index is 13.2. The van der Waals surface area contributed by atoms with Gasteiger partial charge in [0.05, 0.1) is 5.69 Å². The van der Waals surface area contributed by atoms with E-state index in [1.807, 2.05) is 30.5 Å². The summed E-state index contributed by atoms with van der Waals surface area (Å²) in [7, 11) is 0. The highest BCUT2D eigenvalue weighted by molar-refractivity contribution is 9.10. The Kier molecular flexibility index (Phi) is 4.83. The highest BCUT2D eigenvalue weighted by Crippen LogP contribution is 2.20. The molecule has 0 N–H and O–H groups in total. The van der Waals surface area contributed by atoms with Crippen LogP contribution in [0.5, 0.6) is 0 Å². The van der Waals surface area contributed by atoms with Gasteiger partial charge in [-0.2, -0.15) is 0 Å². The molecule has 1 aliphatic rings. The third kappa shape index (κ3) is 3.92. The Hall–Kier alpha value is -1.76. The molecule has 0 bridgehead atoms. The number of nitrogens with zero attached hydrogens (tertiary/aromatic N) is 4. The van der Waals surface area contributed by atoms with Gasteiger partial charge in [-0.1, -0.05) is 28.1 Å². The van der Waals surface area contributed by atoms with Crippen molar-refractivity contribution in [1.82, 2.24) is 19.2 Å². The van der Waals surface area contributed by atoms with Gasteiger partial charge in [0.25, 0.3) is 0 Å². The summed E-state index contributed by atoms with van der Waals surface area (Å²) in [6, 6.07) is 11.0. The predicted octanol–water partition coefficient (Wildman–Crippen LogP) is 3.55. The number of halogens is 2. The van der Waals surface area contributed by atoms with Gasteiger partial charge in [-0.25, -0.2) is 9.37 Å². The Morgan fingerprint density at radius 1 is 1.00 bits per heavy atom. The van der Waals surface area contributed by atoms with E-state index < -0.39 is 0 Å². The van der Waals surface area contributed by atoms with Gasteiger partial charge in [0.15, 0.2) is 0 Å². The lowest BCUT2D eigenvalue weighted by atomic mass is 10.2. The van der Waals surface area contributed by atoms with Gasteiger partial charge < -0.3 is 4.40 Å². The zero-order valence-corrected chi connectivity index (χ0v) is 15.5. The first-order chi connectivity index (χ1) is 12.2. The molecule has 3 aromatic rings. The monoisotopic (exact) mass is 402 g/mol. The predicted molar refractivity (Wildman–Crippen MR) is 99.8 cm³/mol. The molecular weight excluding hydrogens is 383 g/mol. The fourth-order valence-electron chi connectivity index (χ4n) is 3.29. The Balaban J connectivity index is 1.33. The average Bonchev–Trinajstić information content (AvgIpc) is 3.01. The van der Waals surface area contributed by atoms with Crippen LogP contribution >= 0.6 is 15.9 Å². The van der Waals surface area contributed by atoms with Gasteiger partial charge in [-0.3, -0.25) is 9.80 Å². The molecule has 0 amide bonds. The first-order valence-corrected chi connectivity index (χ1v) is 9.28. The Labute approximate surface area is 155 Å². The van der Waals surface area contributed by atoms with Crippen molar-refractivity contribution in [3.63, 3.8) is 0 Å². The van der Waals surface area contributed by atoms with E-state index in [1.165, 1.54) is 12.1 Å². The Morgan fingerprint density at radius 2 is 1.76 bits per heavy atom. The quantitative estimate of drug-likeness (QED) is 0.666. The van der Waals surface area contributed by atoms with Crippen molar-refractivity contribution < 1.29 is 4.39 Å². The first kappa shape index (κ1) is 16.7. The van der Waals surface area contributed by atoms with Crippen LogP contribution in [0.4, 0.5) is 4.39 Å².